The smallest absolute Gasteiger partial charge is 0.360 e. The highest BCUT2D eigenvalue weighted by Gasteiger charge is 2.37. The van der Waals surface area contributed by atoms with Gasteiger partial charge >= 0.3 is 5.51 Å². The Hall–Kier alpha value is -2.34. The number of nitrogens with zero attached hydrogens (tertiary/aromatic N) is 1. The molecule has 0 aliphatic carbocycles. The van der Waals surface area contributed by atoms with Gasteiger partial charge in [0.25, 0.3) is 0 Å². The molecule has 0 aliphatic rings. The van der Waals surface area contributed by atoms with Crippen molar-refractivity contribution in [3.8, 4) is 0 Å². The Balaban J connectivity index is 1.81. The molecule has 0 saturated heterocycles. The van der Waals surface area contributed by atoms with Crippen LogP contribution < -0.4 is 10.6 Å². The molecule has 12 heteroatoms. The number of hydrogen-bond donors (Lipinski definition) is 2. The van der Waals surface area contributed by atoms with Crippen LogP contribution >= 0.6 is 11.8 Å². The van der Waals surface area contributed by atoms with E-state index in [1.165, 1.54) is 12.1 Å². The first-order valence-corrected chi connectivity index (χ1v) is 10.0. The quantitative estimate of drug-likeness (QED) is 0.692. The summed E-state index contributed by atoms with van der Waals surface area (Å²) in [7, 11) is -3.13. The fourth-order valence-electron chi connectivity index (χ4n) is 1.92. The molecule has 1 aromatic heterocycles. The van der Waals surface area contributed by atoms with Gasteiger partial charge in [-0.2, -0.15) is 13.2 Å². The third-order valence-corrected chi connectivity index (χ3v) is 5.54. The molecule has 0 unspecified atom stereocenters. The fraction of sp³-hybridized carbons (Fsp3) is 0.312. The molecular formula is C16H16F3N3O4S2. The number of benzene rings is 1. The Kier molecular flexibility index (Phi) is 7.24. The van der Waals surface area contributed by atoms with Crippen molar-refractivity contribution in [3.63, 3.8) is 0 Å². The number of anilines is 2. The third-order valence-electron chi connectivity index (χ3n) is 3.28. The Morgan fingerprint density at radius 3 is 2.43 bits per heavy atom. The van der Waals surface area contributed by atoms with Gasteiger partial charge in [-0.25, -0.2) is 4.21 Å². The number of thioether (sulfide) groups is 1. The summed E-state index contributed by atoms with van der Waals surface area (Å²) >= 11 is 1.07. The lowest BCUT2D eigenvalue weighted by atomic mass is 10.3. The topological polar surface area (TPSA) is 101 Å². The molecule has 2 N–H and O–H groups in total. The second kappa shape index (κ2) is 9.24. The van der Waals surface area contributed by atoms with Crippen LogP contribution in [0, 0.1) is 6.92 Å². The molecule has 0 fully saturated rings. The van der Waals surface area contributed by atoms with Gasteiger partial charge in [-0.15, -0.1) is 11.8 Å². The van der Waals surface area contributed by atoms with Gasteiger partial charge in [-0.05, 0) is 38.1 Å². The number of carbonyl (C=O) groups excluding carboxylic acids is 2. The summed E-state index contributed by atoms with van der Waals surface area (Å²) in [6, 6.07) is 6.07. The molecule has 0 bridgehead atoms. The second-order valence-corrected chi connectivity index (χ2v) is 8.35. The number of carbonyl (C=O) groups is 2. The maximum atomic E-state index is 12.4. The van der Waals surface area contributed by atoms with Crippen molar-refractivity contribution in [3.05, 3.63) is 36.1 Å². The van der Waals surface area contributed by atoms with Crippen molar-refractivity contribution in [1.82, 2.24) is 5.16 Å². The van der Waals surface area contributed by atoms with Crippen LogP contribution in [0.15, 0.2) is 39.8 Å². The lowest BCUT2D eigenvalue weighted by Gasteiger charge is -2.11. The Morgan fingerprint density at radius 1 is 1.25 bits per heavy atom. The molecule has 0 radical (unpaired) electrons. The molecule has 1 heterocycles. The summed E-state index contributed by atoms with van der Waals surface area (Å²) in [6.45, 7) is 3.29. The van der Waals surface area contributed by atoms with Crippen LogP contribution in [0.25, 0.3) is 0 Å². The maximum Gasteiger partial charge on any atom is 0.475 e. The van der Waals surface area contributed by atoms with Gasteiger partial charge < -0.3 is 15.2 Å². The molecule has 7 nitrogen and oxygen atoms in total. The number of nitrogens with one attached hydrogen (secondary N) is 2. The summed E-state index contributed by atoms with van der Waals surface area (Å²) in [5, 5.41) is 8.12. The molecule has 0 saturated carbocycles. The van der Waals surface area contributed by atoms with Crippen molar-refractivity contribution in [1.29, 1.82) is 0 Å². The zero-order valence-electron chi connectivity index (χ0n) is 14.7. The number of alkyl halides is 3. The minimum Gasteiger partial charge on any atom is -0.360 e. The van der Waals surface area contributed by atoms with Crippen LogP contribution in [0.2, 0.25) is 0 Å². The summed E-state index contributed by atoms with van der Waals surface area (Å²) in [5.41, 5.74) is -4.59. The summed E-state index contributed by atoms with van der Waals surface area (Å²) in [6.07, 6.45) is 0. The molecule has 2 aromatic rings. The minimum atomic E-state index is -4.84. The predicted molar refractivity (Wildman–Crippen MR) is 99.3 cm³/mol. The van der Waals surface area contributed by atoms with Gasteiger partial charge in [0.05, 0.1) is 11.0 Å². The van der Waals surface area contributed by atoms with E-state index in [9.17, 15) is 27.0 Å². The molecule has 2 rings (SSSR count). The SMILES string of the molecule is Cc1cc(NC(=O)[C@H](C)SCC(=O)Nc2ccc([S@](=O)C(F)(F)F)cc2)no1. The fourth-order valence-corrected chi connectivity index (χ4v) is 3.26. The first-order valence-electron chi connectivity index (χ1n) is 7.80. The second-order valence-electron chi connectivity index (χ2n) is 5.55. The molecule has 2 amide bonds. The predicted octanol–water partition coefficient (Wildman–Crippen LogP) is 3.31. The Labute approximate surface area is 164 Å². The maximum absolute atomic E-state index is 12.4. The molecule has 0 aliphatic heterocycles. The van der Waals surface area contributed by atoms with Crippen LogP contribution in [0.5, 0.6) is 0 Å². The number of aryl methyl sites for hydroxylation is 1. The van der Waals surface area contributed by atoms with Crippen molar-refractivity contribution >= 4 is 45.9 Å². The highest BCUT2D eigenvalue weighted by atomic mass is 32.2. The van der Waals surface area contributed by atoms with E-state index in [-0.39, 0.29) is 23.2 Å². The van der Waals surface area contributed by atoms with Crippen molar-refractivity contribution in [2.45, 2.75) is 29.5 Å². The zero-order valence-corrected chi connectivity index (χ0v) is 16.3. The van der Waals surface area contributed by atoms with E-state index in [0.29, 0.717) is 5.76 Å². The third kappa shape index (κ3) is 6.37. The number of aromatic nitrogens is 1. The van der Waals surface area contributed by atoms with Crippen LogP contribution in [0.1, 0.15) is 12.7 Å². The average molecular weight is 435 g/mol. The van der Waals surface area contributed by atoms with E-state index in [4.69, 9.17) is 4.52 Å². The zero-order chi connectivity index (χ0) is 20.9. The van der Waals surface area contributed by atoms with E-state index < -0.39 is 32.4 Å². The molecule has 2 atom stereocenters. The number of amides is 2. The highest BCUT2D eigenvalue weighted by Crippen LogP contribution is 2.27. The molecule has 28 heavy (non-hydrogen) atoms. The Morgan fingerprint density at radius 2 is 1.89 bits per heavy atom. The summed E-state index contributed by atoms with van der Waals surface area (Å²) in [4.78, 5) is 23.5. The van der Waals surface area contributed by atoms with E-state index in [1.54, 1.807) is 19.9 Å². The van der Waals surface area contributed by atoms with Crippen molar-refractivity contribution in [2.24, 2.45) is 0 Å². The standard InChI is InChI=1S/C16H16F3N3O4S2/c1-9-7-13(22-26-9)21-15(24)10(2)27-8-14(23)20-11-3-5-12(6-4-11)28(25)16(17,18)19/h3-7,10H,8H2,1-2H3,(H,20,23)(H,21,22,24)/t10-,28-/m0/s1. The number of rotatable bonds is 7. The van der Waals surface area contributed by atoms with Gasteiger partial charge in [0.2, 0.25) is 11.8 Å². The highest BCUT2D eigenvalue weighted by molar-refractivity contribution is 8.01. The summed E-state index contributed by atoms with van der Waals surface area (Å²) in [5.74, 6) is -0.0321. The monoisotopic (exact) mass is 435 g/mol. The molecule has 1 aromatic carbocycles. The van der Waals surface area contributed by atoms with Gasteiger partial charge in [-0.3, -0.25) is 9.59 Å². The molecule has 152 valence electrons. The average Bonchev–Trinajstić information content (AvgIpc) is 3.03. The van der Waals surface area contributed by atoms with Crippen molar-refractivity contribution in [2.75, 3.05) is 16.4 Å². The van der Waals surface area contributed by atoms with Crippen molar-refractivity contribution < 1.29 is 31.5 Å². The Bertz CT molecular complexity index is 869. The number of halogens is 3. The molecular weight excluding hydrogens is 419 g/mol. The van der Waals surface area contributed by atoms with E-state index >= 15 is 0 Å². The minimum absolute atomic E-state index is 0.0529. The van der Waals surface area contributed by atoms with Crippen LogP contribution in [0.4, 0.5) is 24.7 Å². The van der Waals surface area contributed by atoms with Gasteiger partial charge in [0, 0.05) is 16.6 Å². The molecule has 0 spiro atoms. The first-order chi connectivity index (χ1) is 13.1. The van der Waals surface area contributed by atoms with Crippen LogP contribution in [-0.4, -0.2) is 37.7 Å². The normalized spacial score (nSPS) is 13.6. The largest absolute Gasteiger partial charge is 0.475 e. The van der Waals surface area contributed by atoms with E-state index in [1.807, 2.05) is 0 Å². The first kappa shape index (κ1) is 22.0. The van der Waals surface area contributed by atoms with Crippen LogP contribution in [-0.2, 0) is 20.4 Å². The van der Waals surface area contributed by atoms with Gasteiger partial charge in [0.15, 0.2) is 16.6 Å². The lowest BCUT2D eigenvalue weighted by molar-refractivity contribution is -0.115. The van der Waals surface area contributed by atoms with Gasteiger partial charge in [-0.1, -0.05) is 5.16 Å². The van der Waals surface area contributed by atoms with Gasteiger partial charge in [0.1, 0.15) is 5.76 Å². The van der Waals surface area contributed by atoms with E-state index in [0.717, 1.165) is 23.9 Å². The van der Waals surface area contributed by atoms with Crippen LogP contribution in [0.3, 0.4) is 0 Å². The lowest BCUT2D eigenvalue weighted by Crippen LogP contribution is -2.25. The number of hydrogen-bond acceptors (Lipinski definition) is 6. The van der Waals surface area contributed by atoms with E-state index in [2.05, 4.69) is 15.8 Å². The summed E-state index contributed by atoms with van der Waals surface area (Å²) < 4.78 is 53.3.